The third kappa shape index (κ3) is 39.3. The first-order valence-corrected chi connectivity index (χ1v) is 55.3. The van der Waals surface area contributed by atoms with E-state index < -0.39 is 11.6 Å². The van der Waals surface area contributed by atoms with Gasteiger partial charge in [0.1, 0.15) is 0 Å². The minimum Gasteiger partial charge on any atom is -0.366 e. The smallest absolute Gasteiger partial charge is 0.366 e. The van der Waals surface area contributed by atoms with Crippen LogP contribution in [0.25, 0.3) is 136 Å². The molecule has 12 aromatic heterocycles. The molecule has 21 rings (SSSR count). The normalized spacial score (nSPS) is 9.89. The molecule has 0 bridgehead atoms. The second-order valence-corrected chi connectivity index (χ2v) is 42.9. The largest absolute Gasteiger partial charge is 3.00 e. The summed E-state index contributed by atoms with van der Waals surface area (Å²) in [7, 11) is 15.7. The number of hydrogen-bond acceptors (Lipinski definition) is 12. The average Bonchev–Trinajstić information content (AvgIpc) is 1.57. The van der Waals surface area contributed by atoms with Crippen molar-refractivity contribution in [3.63, 3.8) is 0 Å². The van der Waals surface area contributed by atoms with Crippen molar-refractivity contribution in [1.29, 1.82) is 0 Å². The van der Waals surface area contributed by atoms with Crippen LogP contribution in [0.3, 0.4) is 0 Å². The number of aryl methyl sites for hydroxylation is 10. The van der Waals surface area contributed by atoms with Gasteiger partial charge in [-0.1, -0.05) is 179 Å². The van der Waals surface area contributed by atoms with E-state index in [0.717, 1.165) is 125 Å². The molecule has 0 fully saturated rings. The van der Waals surface area contributed by atoms with Crippen molar-refractivity contribution < 1.29 is 89.2 Å². The Labute approximate surface area is 930 Å². The molecule has 0 aliphatic rings. The number of nitrogens with zero attached hydrogens (tertiary/aromatic N) is 20. The molecule has 6 radical (unpaired) electrons. The molecule has 12 heterocycles. The zero-order valence-corrected chi connectivity index (χ0v) is 98.8. The van der Waals surface area contributed by atoms with Crippen LogP contribution < -0.4 is 0 Å². The van der Waals surface area contributed by atoms with Gasteiger partial charge in [0.05, 0.1) is 58.2 Å². The van der Waals surface area contributed by atoms with Gasteiger partial charge < -0.3 is 62.9 Å². The van der Waals surface area contributed by atoms with Gasteiger partial charge in [-0.25, -0.2) is 0 Å². The van der Waals surface area contributed by atoms with Gasteiger partial charge in [0, 0.05) is 267 Å². The minimum atomic E-state index is -0.699. The molecule has 0 amide bonds. The van der Waals surface area contributed by atoms with Crippen LogP contribution in [0, 0.1) is 86.4 Å². The predicted octanol–water partition coefficient (Wildman–Crippen LogP) is 26.0. The number of aromatic nitrogens is 20. The molecular weight excluding hydrogens is 2600 g/mol. The maximum Gasteiger partial charge on any atom is 3.00 e. The number of benzene rings is 9. The van der Waals surface area contributed by atoms with Gasteiger partial charge in [-0.3, -0.25) is 54.6 Å². The van der Waals surface area contributed by atoms with Crippen LogP contribution in [0.4, 0.5) is 8.78 Å². The Kier molecular flexibility index (Phi) is 54.3. The van der Waals surface area contributed by atoms with Crippen molar-refractivity contribution >= 4 is 26.4 Å². The molecule has 0 N–H and O–H groups in total. The molecule has 762 valence electrons. The topological polar surface area (TPSA) is 194 Å². The molecule has 29 heteroatoms. The van der Waals surface area contributed by atoms with Crippen molar-refractivity contribution in [2.24, 2.45) is 56.4 Å². The Morgan fingerprint density at radius 1 is 0.243 bits per heavy atom. The van der Waals surface area contributed by atoms with Crippen LogP contribution in [0.2, 0.25) is 58.9 Å². The van der Waals surface area contributed by atoms with Crippen molar-refractivity contribution in [3.05, 3.63) is 456 Å². The molecule has 148 heavy (non-hydrogen) atoms. The number of imidazole rings is 8. The van der Waals surface area contributed by atoms with Gasteiger partial charge in [-0.05, 0) is 58.2 Å². The van der Waals surface area contributed by atoms with E-state index in [4.69, 9.17) is 6.42 Å². The van der Waals surface area contributed by atoms with Crippen LogP contribution in [0.1, 0.15) is 16.7 Å². The molecule has 0 unspecified atom stereocenters. The summed E-state index contributed by atoms with van der Waals surface area (Å²) in [4.78, 5) is 51.2. The molecule has 0 aliphatic heterocycles. The van der Waals surface area contributed by atoms with Crippen molar-refractivity contribution in [1.82, 2.24) is 96.3 Å². The molecule has 0 saturated carbocycles. The van der Waals surface area contributed by atoms with Gasteiger partial charge in [0.25, 0.3) is 0 Å². The number of pyridine rings is 4. The SMILES string of the molecule is C[Si](C)C.C[Si](C)C.C[Si](C)C.Cc1cc(C)c(-c2nccn2C)[c-]c1-c1nccn1C.Cn1ccnc1-c1[c-]c(-c2nccn2C)c(F)cc1F.Cn1ccnc1-c1[c-]c(-c2nccn2C)ccc1.Cn1ccnc1-c1[c-]c(-c2nccn2C)ccc1.[C-]#Cc1ccccc1.[Ir+3].[Ir].[Ir].[Ir].[c-]1ccccc1-c1ccccn1.[c-]1ccccc1-c1ccccn1.[c-]1ccccc1-c1ccccn1.[c-]1ccccc1-c1ccccn1. The monoisotopic (exact) mass is 2720 g/mol. The summed E-state index contributed by atoms with van der Waals surface area (Å²) in [5.74, 6) is 7.14. The minimum absolute atomic E-state index is 0. The fraction of sp³-hybridized carbons (Fsp3) is 0.160. The maximum absolute atomic E-state index is 14.0. The third-order valence-corrected chi connectivity index (χ3v) is 20.0. The summed E-state index contributed by atoms with van der Waals surface area (Å²) in [5.41, 5.74) is 17.4. The number of hydrogen-bond donors (Lipinski definition) is 0. The zero-order chi connectivity index (χ0) is 103. The molecule has 9 aromatic carbocycles. The summed E-state index contributed by atoms with van der Waals surface area (Å²) in [6, 6.07) is 105. The van der Waals surface area contributed by atoms with Crippen LogP contribution in [0.5, 0.6) is 0 Å². The first-order valence-electron chi connectivity index (χ1n) is 46.3. The average molecular weight is 2720 g/mol. The maximum atomic E-state index is 14.0. The molecular formula is C119H118F2Ir4N20Si3-6. The fourth-order valence-corrected chi connectivity index (χ4v) is 13.3. The quantitative estimate of drug-likeness (QED) is 0.0639. The van der Waals surface area contributed by atoms with Gasteiger partial charge in [0.15, 0.2) is 0 Å². The van der Waals surface area contributed by atoms with Gasteiger partial charge in [-0.15, -0.1) is 239 Å². The third-order valence-electron chi connectivity index (χ3n) is 20.0. The predicted molar refractivity (Wildman–Crippen MR) is 585 cm³/mol. The second kappa shape index (κ2) is 65.5. The van der Waals surface area contributed by atoms with E-state index in [0.29, 0.717) is 11.6 Å². The summed E-state index contributed by atoms with van der Waals surface area (Å²) >= 11 is 0. The molecule has 0 saturated heterocycles. The molecule has 20 nitrogen and oxygen atoms in total. The van der Waals surface area contributed by atoms with E-state index in [2.05, 4.69) is 193 Å². The van der Waals surface area contributed by atoms with Gasteiger partial charge >= 0.3 is 20.1 Å². The Morgan fingerprint density at radius 2 is 0.453 bits per heavy atom. The molecule has 0 atom stereocenters. The Bertz CT molecular complexity index is 6370. The standard InChI is InChI=1S/C16H17N4.C14H11F2N4.2C14H13N4.4C11H8N.C8H5.3C3H9Si.4Ir/c1-11-9-12(2)14(16-18-6-8-20(16)4)10-13(11)15-17-5-7-19(15)3;1-19-5-3-17-13(19)9-7-10(12(16)8-11(9)15)14-18-4-6-20(14)2;2*1-17-8-6-15-13(17)11-4-3-5-12(10-11)14-16-7-9-18(14)2;4*1-2-6-10(7-3-1)11-8-4-5-9-12-11;1-2-8-6-4-3-5-7-8;3*1-4(2)3;;;;/h5-9H,1-4H3;3-6,8H,1-2H3;2*3-9H,1-2H3;4*1-6,8-9H;3-7H;3*1-3H3;;;;/q9*-1;;;;;;;+3. The van der Waals surface area contributed by atoms with Crippen molar-refractivity contribution in [2.45, 2.75) is 72.8 Å². The summed E-state index contributed by atoms with van der Waals surface area (Å²) < 4.78 is 43.2. The van der Waals surface area contributed by atoms with E-state index in [1.165, 1.54) is 11.1 Å². The molecule has 21 aromatic rings. The fourth-order valence-electron chi connectivity index (χ4n) is 13.3. The first kappa shape index (κ1) is 123. The Morgan fingerprint density at radius 3 is 0.649 bits per heavy atom. The summed E-state index contributed by atoms with van der Waals surface area (Å²) in [6.45, 7) is 24.6. The summed E-state index contributed by atoms with van der Waals surface area (Å²) in [6.07, 6.45) is 42.7. The van der Waals surface area contributed by atoms with Gasteiger partial charge in [0.2, 0.25) is 0 Å². The van der Waals surface area contributed by atoms with Crippen LogP contribution in [-0.2, 0) is 137 Å². The first-order chi connectivity index (χ1) is 69.7. The molecule has 0 spiro atoms. The van der Waals surface area contributed by atoms with Crippen molar-refractivity contribution in [3.8, 4) is 142 Å². The number of rotatable bonds is 12. The van der Waals surface area contributed by atoms with Crippen LogP contribution >= 0.6 is 0 Å². The Hall–Kier alpha value is -14.1. The van der Waals surface area contributed by atoms with E-state index in [-0.39, 0.29) is 118 Å². The van der Waals surface area contributed by atoms with E-state index in [9.17, 15) is 8.78 Å². The van der Waals surface area contributed by atoms with Crippen molar-refractivity contribution in [2.75, 3.05) is 0 Å². The molecule has 0 aliphatic carbocycles. The van der Waals surface area contributed by atoms with E-state index in [1.54, 1.807) is 97.6 Å². The number of halogens is 2. The van der Waals surface area contributed by atoms with E-state index in [1.807, 2.05) is 356 Å². The zero-order valence-electron chi connectivity index (χ0n) is 86.3. The van der Waals surface area contributed by atoms with Crippen LogP contribution in [-0.4, -0.2) is 123 Å². The van der Waals surface area contributed by atoms with E-state index >= 15 is 0 Å². The Balaban J connectivity index is 0.000000252. The second-order valence-electron chi connectivity index (χ2n) is 33.9. The van der Waals surface area contributed by atoms with Crippen LogP contribution in [0.15, 0.2) is 373 Å². The van der Waals surface area contributed by atoms with Gasteiger partial charge in [-0.2, -0.15) is 0 Å². The summed E-state index contributed by atoms with van der Waals surface area (Å²) in [5, 5.41) is 0.